The van der Waals surface area contributed by atoms with Crippen LogP contribution in [-0.4, -0.2) is 62.9 Å². The van der Waals surface area contributed by atoms with Crippen molar-refractivity contribution in [2.75, 3.05) is 26.7 Å². The number of aliphatic hydroxyl groups is 2. The van der Waals surface area contributed by atoms with Crippen molar-refractivity contribution in [3.05, 3.63) is 71.2 Å². The van der Waals surface area contributed by atoms with Crippen molar-refractivity contribution in [3.63, 3.8) is 0 Å². The Balaban J connectivity index is 1.70. The van der Waals surface area contributed by atoms with Crippen LogP contribution in [0.5, 0.6) is 0 Å². The van der Waals surface area contributed by atoms with Gasteiger partial charge in [-0.2, -0.15) is 5.10 Å². The fraction of sp³-hybridized carbons (Fsp3) is 0.423. The van der Waals surface area contributed by atoms with Crippen molar-refractivity contribution in [1.29, 1.82) is 0 Å². The number of carbonyl (C=O) groups excluding carboxylic acids is 1. The fourth-order valence-electron chi connectivity index (χ4n) is 4.97. The lowest BCUT2D eigenvalue weighted by molar-refractivity contribution is -0.127. The van der Waals surface area contributed by atoms with Crippen LogP contribution in [0.15, 0.2) is 48.8 Å². The zero-order valence-electron chi connectivity index (χ0n) is 20.2. The molecule has 34 heavy (non-hydrogen) atoms. The molecule has 180 valence electrons. The highest BCUT2D eigenvalue weighted by Crippen LogP contribution is 2.50. The predicted octanol–water partition coefficient (Wildman–Crippen LogP) is 2.39. The van der Waals surface area contributed by atoms with Gasteiger partial charge in [-0.1, -0.05) is 45.0 Å². The van der Waals surface area contributed by atoms with Crippen molar-refractivity contribution >= 4 is 5.91 Å². The Morgan fingerprint density at radius 2 is 1.91 bits per heavy atom. The maximum atomic E-state index is 12.4. The maximum absolute atomic E-state index is 12.4. The second-order valence-corrected chi connectivity index (χ2v) is 9.90. The Kier molecular flexibility index (Phi) is 6.58. The molecule has 1 aromatic carbocycles. The van der Waals surface area contributed by atoms with Crippen LogP contribution in [-0.2, 0) is 16.9 Å². The fourth-order valence-corrected chi connectivity index (χ4v) is 4.97. The molecule has 0 radical (unpaired) electrons. The summed E-state index contributed by atoms with van der Waals surface area (Å²) in [6, 6.07) is 12.0. The van der Waals surface area contributed by atoms with Crippen LogP contribution in [0, 0.1) is 5.41 Å². The molecule has 1 saturated heterocycles. The third-order valence-electron chi connectivity index (χ3n) is 6.81. The number of hydrogen-bond donors (Lipinski definition) is 4. The zero-order valence-corrected chi connectivity index (χ0v) is 20.2. The van der Waals surface area contributed by atoms with Crippen LogP contribution in [0.1, 0.15) is 49.1 Å². The number of nitrogens with one attached hydrogen (secondary N) is 2. The van der Waals surface area contributed by atoms with Crippen molar-refractivity contribution in [1.82, 2.24) is 25.4 Å². The SMILES string of the molecule is CC(C)c1ccc([C@](O)(c2cncc(-c3cc(CNC(=O)CO)[nH]n3)c2)C2(C)CN(C)C2)cc1. The van der Waals surface area contributed by atoms with Gasteiger partial charge in [-0.15, -0.1) is 0 Å². The number of likely N-dealkylation sites (tertiary alicyclic amines) is 1. The van der Waals surface area contributed by atoms with Gasteiger partial charge in [-0.3, -0.25) is 14.9 Å². The van der Waals surface area contributed by atoms with Gasteiger partial charge >= 0.3 is 0 Å². The first-order valence-corrected chi connectivity index (χ1v) is 11.6. The number of benzene rings is 1. The zero-order chi connectivity index (χ0) is 24.5. The second kappa shape index (κ2) is 9.29. The number of aromatic nitrogens is 3. The number of aromatic amines is 1. The Labute approximate surface area is 200 Å². The Morgan fingerprint density at radius 3 is 2.53 bits per heavy atom. The van der Waals surface area contributed by atoms with Gasteiger partial charge in [0.1, 0.15) is 12.2 Å². The van der Waals surface area contributed by atoms with Gasteiger partial charge in [0, 0.05) is 42.0 Å². The molecule has 0 spiro atoms. The van der Waals surface area contributed by atoms with E-state index < -0.39 is 18.1 Å². The van der Waals surface area contributed by atoms with E-state index in [0.29, 0.717) is 17.3 Å². The number of H-pyrrole nitrogens is 1. The molecule has 0 saturated carbocycles. The van der Waals surface area contributed by atoms with Crippen molar-refractivity contribution in [2.24, 2.45) is 5.41 Å². The molecule has 0 bridgehead atoms. The quantitative estimate of drug-likeness (QED) is 0.408. The summed E-state index contributed by atoms with van der Waals surface area (Å²) in [6.45, 7) is 7.63. The van der Waals surface area contributed by atoms with E-state index in [9.17, 15) is 9.90 Å². The summed E-state index contributed by atoms with van der Waals surface area (Å²) in [4.78, 5) is 18.0. The summed E-state index contributed by atoms with van der Waals surface area (Å²) in [7, 11) is 2.06. The molecule has 1 aliphatic rings. The predicted molar refractivity (Wildman–Crippen MR) is 130 cm³/mol. The van der Waals surface area contributed by atoms with Crippen LogP contribution in [0.25, 0.3) is 11.3 Å². The molecule has 1 atom stereocenters. The molecule has 4 N–H and O–H groups in total. The molecule has 1 fully saturated rings. The average Bonchev–Trinajstić information content (AvgIpc) is 3.30. The van der Waals surface area contributed by atoms with Gasteiger partial charge < -0.3 is 20.4 Å². The summed E-state index contributed by atoms with van der Waals surface area (Å²) in [6.07, 6.45) is 3.45. The second-order valence-electron chi connectivity index (χ2n) is 9.90. The largest absolute Gasteiger partial charge is 0.387 e. The van der Waals surface area contributed by atoms with Crippen LogP contribution in [0.2, 0.25) is 0 Å². The molecule has 1 amide bonds. The molecule has 4 rings (SSSR count). The topological polar surface area (TPSA) is 114 Å². The molecule has 3 heterocycles. The summed E-state index contributed by atoms with van der Waals surface area (Å²) in [5.41, 5.74) is 3.31. The molecule has 1 aliphatic heterocycles. The lowest BCUT2D eigenvalue weighted by Crippen LogP contribution is -2.63. The van der Waals surface area contributed by atoms with E-state index in [1.54, 1.807) is 12.4 Å². The third kappa shape index (κ3) is 4.36. The maximum Gasteiger partial charge on any atom is 0.246 e. The van der Waals surface area contributed by atoms with E-state index in [-0.39, 0.29) is 12.0 Å². The van der Waals surface area contributed by atoms with Gasteiger partial charge in [-0.25, -0.2) is 0 Å². The number of aliphatic hydroxyl groups excluding tert-OH is 1. The molecule has 0 unspecified atom stereocenters. The highest BCUT2D eigenvalue weighted by atomic mass is 16.3. The molecule has 8 heteroatoms. The van der Waals surface area contributed by atoms with E-state index >= 15 is 0 Å². The first-order chi connectivity index (χ1) is 16.2. The Hall–Kier alpha value is -3.07. The minimum Gasteiger partial charge on any atom is -0.387 e. The summed E-state index contributed by atoms with van der Waals surface area (Å²) in [5.74, 6) is -0.0411. The Bertz CT molecular complexity index is 1150. The number of nitrogens with zero attached hydrogens (tertiary/aromatic N) is 3. The lowest BCUT2D eigenvalue weighted by atomic mass is 9.62. The molecular formula is C26H33N5O3. The standard InChI is InChI=1S/C26H33N5O3/c1-17(2)18-5-7-20(8-6-18)26(34,25(3)15-31(4)16-25)21-9-19(11-27-12-21)23-10-22(29-30-23)13-28-24(33)14-32/h5-12,17,32,34H,13-16H2,1-4H3,(H,28,33)(H,29,30)/t26-/m0/s1. The van der Waals surface area contributed by atoms with E-state index in [4.69, 9.17) is 5.11 Å². The van der Waals surface area contributed by atoms with Crippen molar-refractivity contribution in [3.8, 4) is 11.3 Å². The molecular weight excluding hydrogens is 430 g/mol. The lowest BCUT2D eigenvalue weighted by Gasteiger charge is -2.55. The Morgan fingerprint density at radius 1 is 1.21 bits per heavy atom. The molecule has 8 nitrogen and oxygen atoms in total. The minimum atomic E-state index is -1.23. The van der Waals surface area contributed by atoms with Gasteiger partial charge in [0.15, 0.2) is 0 Å². The van der Waals surface area contributed by atoms with Gasteiger partial charge in [0.05, 0.1) is 17.9 Å². The first kappa shape index (κ1) is 24.1. The number of pyridine rings is 1. The number of carbonyl (C=O) groups is 1. The smallest absolute Gasteiger partial charge is 0.246 e. The van der Waals surface area contributed by atoms with E-state index in [1.165, 1.54) is 5.56 Å². The van der Waals surface area contributed by atoms with Crippen LogP contribution >= 0.6 is 0 Å². The number of rotatable bonds is 8. The van der Waals surface area contributed by atoms with Crippen LogP contribution < -0.4 is 5.32 Å². The minimum absolute atomic E-state index is 0.232. The summed E-state index contributed by atoms with van der Waals surface area (Å²) < 4.78 is 0. The molecule has 3 aromatic rings. The molecule has 0 aliphatic carbocycles. The highest BCUT2D eigenvalue weighted by molar-refractivity contribution is 5.76. The van der Waals surface area contributed by atoms with Crippen LogP contribution in [0.3, 0.4) is 0 Å². The normalized spacial score (nSPS) is 17.3. The monoisotopic (exact) mass is 463 g/mol. The van der Waals surface area contributed by atoms with Crippen molar-refractivity contribution < 1.29 is 15.0 Å². The van der Waals surface area contributed by atoms with Crippen LogP contribution in [0.4, 0.5) is 0 Å². The highest BCUT2D eigenvalue weighted by Gasteiger charge is 2.55. The van der Waals surface area contributed by atoms with Gasteiger partial charge in [0.2, 0.25) is 5.91 Å². The van der Waals surface area contributed by atoms with Crippen molar-refractivity contribution in [2.45, 2.75) is 38.8 Å². The van der Waals surface area contributed by atoms with E-state index in [1.807, 2.05) is 24.3 Å². The van der Waals surface area contributed by atoms with E-state index in [2.05, 4.69) is 65.3 Å². The average molecular weight is 464 g/mol. The van der Waals surface area contributed by atoms with E-state index in [0.717, 1.165) is 29.8 Å². The summed E-state index contributed by atoms with van der Waals surface area (Å²) >= 11 is 0. The molecule has 2 aromatic heterocycles. The number of hydrogen-bond acceptors (Lipinski definition) is 6. The van der Waals surface area contributed by atoms with Gasteiger partial charge in [0.25, 0.3) is 0 Å². The first-order valence-electron chi connectivity index (χ1n) is 11.6. The number of amides is 1. The van der Waals surface area contributed by atoms with Gasteiger partial charge in [-0.05, 0) is 36.2 Å². The third-order valence-corrected chi connectivity index (χ3v) is 6.81. The summed E-state index contributed by atoms with van der Waals surface area (Å²) in [5, 5.41) is 31.1.